The lowest BCUT2D eigenvalue weighted by Crippen LogP contribution is -2.30. The van der Waals surface area contributed by atoms with Crippen molar-refractivity contribution in [3.8, 4) is 0 Å². The second kappa shape index (κ2) is 4.86. The van der Waals surface area contributed by atoms with Crippen LogP contribution in [0.25, 0.3) is 11.0 Å². The number of piperidine rings is 1. The van der Waals surface area contributed by atoms with Gasteiger partial charge in [0.1, 0.15) is 17.1 Å². The highest BCUT2D eigenvalue weighted by Crippen LogP contribution is 2.25. The van der Waals surface area contributed by atoms with Gasteiger partial charge in [-0.05, 0) is 44.8 Å². The molecule has 3 rings (SSSR count). The van der Waals surface area contributed by atoms with Crippen LogP contribution < -0.4 is 5.32 Å². The summed E-state index contributed by atoms with van der Waals surface area (Å²) >= 11 is 6.11. The van der Waals surface area contributed by atoms with E-state index < -0.39 is 0 Å². The molecule has 1 aliphatic rings. The zero-order valence-corrected chi connectivity index (χ0v) is 11.2. The minimum absolute atomic E-state index is 0.548. The molecule has 5 heteroatoms. The largest absolute Gasteiger partial charge is 0.329 e. The summed E-state index contributed by atoms with van der Waals surface area (Å²) in [6.45, 7) is 5.39. The van der Waals surface area contributed by atoms with Crippen molar-refractivity contribution in [1.29, 1.82) is 0 Å². The maximum absolute atomic E-state index is 6.11. The highest BCUT2D eigenvalue weighted by Gasteiger charge is 2.17. The molecule has 0 aromatic carbocycles. The van der Waals surface area contributed by atoms with Crippen LogP contribution in [0.15, 0.2) is 12.4 Å². The maximum Gasteiger partial charge on any atom is 0.145 e. The van der Waals surface area contributed by atoms with Gasteiger partial charge in [0.05, 0.1) is 5.39 Å². The van der Waals surface area contributed by atoms with Gasteiger partial charge in [-0.3, -0.25) is 0 Å². The van der Waals surface area contributed by atoms with E-state index in [0.717, 1.165) is 36.6 Å². The predicted octanol–water partition coefficient (Wildman–Crippen LogP) is 2.39. The summed E-state index contributed by atoms with van der Waals surface area (Å²) < 4.78 is 2.28. The average molecular weight is 265 g/mol. The van der Waals surface area contributed by atoms with Crippen LogP contribution in [-0.4, -0.2) is 27.6 Å². The molecule has 0 unspecified atom stereocenters. The van der Waals surface area contributed by atoms with Crippen molar-refractivity contribution in [2.75, 3.05) is 13.1 Å². The molecule has 0 saturated carbocycles. The summed E-state index contributed by atoms with van der Waals surface area (Å²) in [5.41, 5.74) is 2.18. The number of nitrogens with zero attached hydrogens (tertiary/aromatic N) is 3. The van der Waals surface area contributed by atoms with Crippen LogP contribution in [0.5, 0.6) is 0 Å². The topological polar surface area (TPSA) is 42.7 Å². The SMILES string of the molecule is Cc1cc2c(Cl)ncnc2n1CC1CCNCC1. The lowest BCUT2D eigenvalue weighted by molar-refractivity contribution is 0.334. The fourth-order valence-corrected chi connectivity index (χ4v) is 2.89. The zero-order chi connectivity index (χ0) is 12.5. The Morgan fingerprint density at radius 1 is 1.39 bits per heavy atom. The van der Waals surface area contributed by atoms with E-state index in [0.29, 0.717) is 5.15 Å². The molecule has 0 radical (unpaired) electrons. The highest BCUT2D eigenvalue weighted by molar-refractivity contribution is 6.33. The van der Waals surface area contributed by atoms with Gasteiger partial charge in [-0.25, -0.2) is 9.97 Å². The molecule has 0 atom stereocenters. The molecule has 1 saturated heterocycles. The third kappa shape index (κ3) is 2.10. The number of nitrogens with one attached hydrogen (secondary N) is 1. The van der Waals surface area contributed by atoms with Crippen molar-refractivity contribution in [3.05, 3.63) is 23.2 Å². The lowest BCUT2D eigenvalue weighted by Gasteiger charge is -2.23. The van der Waals surface area contributed by atoms with E-state index in [1.807, 2.05) is 0 Å². The molecule has 96 valence electrons. The zero-order valence-electron chi connectivity index (χ0n) is 10.5. The molecule has 0 spiro atoms. The Labute approximate surface area is 111 Å². The van der Waals surface area contributed by atoms with Crippen molar-refractivity contribution >= 4 is 22.6 Å². The summed E-state index contributed by atoms with van der Waals surface area (Å²) in [4.78, 5) is 8.42. The summed E-state index contributed by atoms with van der Waals surface area (Å²) in [6, 6.07) is 2.08. The summed E-state index contributed by atoms with van der Waals surface area (Å²) in [6.07, 6.45) is 4.01. The first-order chi connectivity index (χ1) is 8.75. The van der Waals surface area contributed by atoms with E-state index in [1.165, 1.54) is 18.5 Å². The molecule has 18 heavy (non-hydrogen) atoms. The molecule has 2 aromatic heterocycles. The molecule has 0 amide bonds. The Bertz CT molecular complexity index is 557. The van der Waals surface area contributed by atoms with Crippen LogP contribution in [0.3, 0.4) is 0 Å². The number of aromatic nitrogens is 3. The quantitative estimate of drug-likeness (QED) is 0.847. The number of hydrogen-bond donors (Lipinski definition) is 1. The average Bonchev–Trinajstić information content (AvgIpc) is 2.70. The lowest BCUT2D eigenvalue weighted by atomic mass is 9.98. The first-order valence-corrected chi connectivity index (χ1v) is 6.80. The van der Waals surface area contributed by atoms with Crippen molar-refractivity contribution in [3.63, 3.8) is 0 Å². The van der Waals surface area contributed by atoms with Crippen LogP contribution >= 0.6 is 11.6 Å². The monoisotopic (exact) mass is 264 g/mol. The number of hydrogen-bond acceptors (Lipinski definition) is 3. The Kier molecular flexibility index (Phi) is 3.22. The van der Waals surface area contributed by atoms with Gasteiger partial charge in [0.15, 0.2) is 0 Å². The number of rotatable bonds is 2. The van der Waals surface area contributed by atoms with Crippen LogP contribution in [-0.2, 0) is 6.54 Å². The third-order valence-corrected chi connectivity index (χ3v) is 4.05. The van der Waals surface area contributed by atoms with Crippen LogP contribution in [0, 0.1) is 12.8 Å². The van der Waals surface area contributed by atoms with Gasteiger partial charge in [0.2, 0.25) is 0 Å². The van der Waals surface area contributed by atoms with Crippen LogP contribution in [0.1, 0.15) is 18.5 Å². The number of fused-ring (bicyclic) bond motifs is 1. The Hall–Kier alpha value is -1.13. The third-order valence-electron chi connectivity index (χ3n) is 3.75. The van der Waals surface area contributed by atoms with Crippen LogP contribution in [0.4, 0.5) is 0 Å². The Morgan fingerprint density at radius 3 is 2.94 bits per heavy atom. The Balaban J connectivity index is 1.95. The maximum atomic E-state index is 6.11. The second-order valence-electron chi connectivity index (χ2n) is 4.99. The smallest absolute Gasteiger partial charge is 0.145 e. The van der Waals surface area contributed by atoms with Gasteiger partial charge < -0.3 is 9.88 Å². The fraction of sp³-hybridized carbons (Fsp3) is 0.538. The molecule has 1 aliphatic heterocycles. The van der Waals surface area contributed by atoms with Crippen molar-refractivity contribution in [1.82, 2.24) is 19.9 Å². The van der Waals surface area contributed by atoms with Gasteiger partial charge in [-0.2, -0.15) is 0 Å². The molecule has 0 aliphatic carbocycles. The van der Waals surface area contributed by atoms with E-state index in [-0.39, 0.29) is 0 Å². The van der Waals surface area contributed by atoms with E-state index in [9.17, 15) is 0 Å². The number of halogens is 1. The molecule has 1 fully saturated rings. The van der Waals surface area contributed by atoms with Crippen molar-refractivity contribution in [2.24, 2.45) is 5.92 Å². The van der Waals surface area contributed by atoms with E-state index in [2.05, 4.69) is 32.8 Å². The fourth-order valence-electron chi connectivity index (χ4n) is 2.71. The predicted molar refractivity (Wildman–Crippen MR) is 72.9 cm³/mol. The molecular weight excluding hydrogens is 248 g/mol. The van der Waals surface area contributed by atoms with E-state index in [1.54, 1.807) is 6.33 Å². The minimum Gasteiger partial charge on any atom is -0.329 e. The minimum atomic E-state index is 0.548. The van der Waals surface area contributed by atoms with Gasteiger partial charge in [-0.1, -0.05) is 11.6 Å². The standard InChI is InChI=1S/C13H17ClN4/c1-9-6-11-12(14)16-8-17-13(11)18(9)7-10-2-4-15-5-3-10/h6,8,10,15H,2-5,7H2,1H3. The second-order valence-corrected chi connectivity index (χ2v) is 5.35. The van der Waals surface area contributed by atoms with Gasteiger partial charge in [0.25, 0.3) is 0 Å². The van der Waals surface area contributed by atoms with Gasteiger partial charge in [0, 0.05) is 12.2 Å². The normalized spacial score (nSPS) is 17.4. The molecule has 2 aromatic rings. The first-order valence-electron chi connectivity index (χ1n) is 6.43. The molecular formula is C13H17ClN4. The van der Waals surface area contributed by atoms with E-state index in [4.69, 9.17) is 11.6 Å². The summed E-state index contributed by atoms with van der Waals surface area (Å²) in [5, 5.41) is 4.91. The molecule has 3 heterocycles. The van der Waals surface area contributed by atoms with Crippen molar-refractivity contribution < 1.29 is 0 Å². The number of aryl methyl sites for hydroxylation is 1. The van der Waals surface area contributed by atoms with Crippen molar-refractivity contribution in [2.45, 2.75) is 26.3 Å². The molecule has 4 nitrogen and oxygen atoms in total. The summed E-state index contributed by atoms with van der Waals surface area (Å²) in [7, 11) is 0. The van der Waals surface area contributed by atoms with Crippen LogP contribution in [0.2, 0.25) is 5.15 Å². The highest BCUT2D eigenvalue weighted by atomic mass is 35.5. The van der Waals surface area contributed by atoms with E-state index >= 15 is 0 Å². The Morgan fingerprint density at radius 2 is 2.17 bits per heavy atom. The van der Waals surface area contributed by atoms with Gasteiger partial charge >= 0.3 is 0 Å². The first kappa shape index (κ1) is 11.9. The summed E-state index contributed by atoms with van der Waals surface area (Å²) in [5.74, 6) is 0.731. The molecule has 0 bridgehead atoms. The molecule has 1 N–H and O–H groups in total. The van der Waals surface area contributed by atoms with Gasteiger partial charge in [-0.15, -0.1) is 0 Å².